The quantitative estimate of drug-likeness (QED) is 0.222. The van der Waals surface area contributed by atoms with E-state index in [1.165, 1.54) is 33.4 Å². The molecule has 6 bridgehead atoms. The summed E-state index contributed by atoms with van der Waals surface area (Å²) < 4.78 is 0. The van der Waals surface area contributed by atoms with Gasteiger partial charge in [0.1, 0.15) is 0 Å². The Bertz CT molecular complexity index is 629. The van der Waals surface area contributed by atoms with Crippen molar-refractivity contribution in [3.63, 3.8) is 0 Å². The van der Waals surface area contributed by atoms with Crippen LogP contribution in [0.15, 0.2) is 54.6 Å². The summed E-state index contributed by atoms with van der Waals surface area (Å²) in [4.78, 5) is 0. The molecule has 1 aliphatic carbocycles. The zero-order valence-electron chi connectivity index (χ0n) is 16.3. The van der Waals surface area contributed by atoms with Crippen LogP contribution in [-0.2, 0) is 19.3 Å². The summed E-state index contributed by atoms with van der Waals surface area (Å²) >= 11 is 0. The normalized spacial score (nSPS) is 11.1. The molecule has 0 aliphatic heterocycles. The topological polar surface area (TPSA) is 0 Å². The minimum absolute atomic E-state index is 0. The Labute approximate surface area is 183 Å². The van der Waals surface area contributed by atoms with Crippen LogP contribution in [0.5, 0.6) is 0 Å². The van der Waals surface area contributed by atoms with Crippen LogP contribution in [0.3, 0.4) is 0 Å². The van der Waals surface area contributed by atoms with Crippen LogP contribution >= 0.6 is 0 Å². The Morgan fingerprint density at radius 1 is 0.462 bits per heavy atom. The number of benzene rings is 3. The van der Waals surface area contributed by atoms with E-state index in [0.717, 1.165) is 19.3 Å². The van der Waals surface area contributed by atoms with E-state index in [1.807, 2.05) is 27.7 Å². The monoisotopic (exact) mass is 565 g/mol. The molecule has 1 aliphatic rings. The van der Waals surface area contributed by atoms with Crippen molar-refractivity contribution in [3.05, 3.63) is 106 Å². The van der Waals surface area contributed by atoms with Gasteiger partial charge in [-0.3, -0.25) is 0 Å². The van der Waals surface area contributed by atoms with Crippen molar-refractivity contribution in [2.24, 2.45) is 0 Å². The van der Waals surface area contributed by atoms with Gasteiger partial charge in [0.15, 0.2) is 0 Å². The third-order valence-electron chi connectivity index (χ3n) is 3.89. The van der Waals surface area contributed by atoms with Gasteiger partial charge in [0.05, 0.1) is 0 Å². The minimum atomic E-state index is 0. The Morgan fingerprint density at radius 3 is 0.846 bits per heavy atom. The van der Waals surface area contributed by atoms with Crippen molar-refractivity contribution in [2.45, 2.75) is 47.0 Å². The predicted molar refractivity (Wildman–Crippen MR) is 107 cm³/mol. The van der Waals surface area contributed by atoms with Crippen molar-refractivity contribution in [1.29, 1.82) is 0 Å². The van der Waals surface area contributed by atoms with E-state index in [4.69, 9.17) is 0 Å². The van der Waals surface area contributed by atoms with Crippen molar-refractivity contribution < 1.29 is 31.1 Å². The molecule has 0 fully saturated rings. The molecule has 3 aromatic carbocycles. The molecule has 131 valence electrons. The predicted octanol–water partition coefficient (Wildman–Crippen LogP) is 6.23. The van der Waals surface area contributed by atoms with Crippen molar-refractivity contribution >= 4 is 0 Å². The molecule has 0 spiro atoms. The van der Waals surface area contributed by atoms with E-state index in [9.17, 15) is 0 Å². The van der Waals surface area contributed by atoms with Crippen LogP contribution in [0.4, 0.5) is 0 Å². The molecule has 4 rings (SSSR count). The Balaban J connectivity index is 0.000000635. The average Bonchev–Trinajstić information content (AvgIpc) is 2.65. The second kappa shape index (κ2) is 12.2. The van der Waals surface area contributed by atoms with Gasteiger partial charge >= 0.3 is 31.1 Å². The van der Waals surface area contributed by atoms with E-state index in [1.54, 1.807) is 0 Å². The summed E-state index contributed by atoms with van der Waals surface area (Å²) in [7, 11) is 0. The van der Waals surface area contributed by atoms with Crippen LogP contribution in [0, 0.1) is 49.3 Å². The maximum absolute atomic E-state index is 3.54. The zero-order chi connectivity index (χ0) is 18.1. The minimum Gasteiger partial charge on any atom is -0.176 e. The molecule has 0 saturated heterocycles. The van der Waals surface area contributed by atoms with E-state index in [-0.39, 0.29) is 31.1 Å². The van der Waals surface area contributed by atoms with Gasteiger partial charge in [-0.2, -0.15) is 106 Å². The number of rotatable bonds is 0. The molecule has 0 unspecified atom stereocenters. The maximum atomic E-state index is 3.54. The van der Waals surface area contributed by atoms with Gasteiger partial charge in [0.2, 0.25) is 0 Å². The van der Waals surface area contributed by atoms with Crippen LogP contribution in [0.2, 0.25) is 0 Å². The Morgan fingerprint density at radius 2 is 0.654 bits per heavy atom. The van der Waals surface area contributed by atoms with E-state index in [2.05, 4.69) is 72.8 Å². The molecule has 0 saturated carbocycles. The van der Waals surface area contributed by atoms with Gasteiger partial charge in [-0.25, -0.2) is 0 Å². The first-order valence-corrected chi connectivity index (χ1v) is 9.35. The number of hydrogen-bond donors (Lipinski definition) is 0. The summed E-state index contributed by atoms with van der Waals surface area (Å²) in [5.74, 6) is 0. The zero-order valence-corrected chi connectivity index (χ0v) is 20.5. The fraction of sp³-hybridized carbons (Fsp3) is 0.280. The first kappa shape index (κ1) is 22.8. The van der Waals surface area contributed by atoms with E-state index >= 15 is 0 Å². The van der Waals surface area contributed by atoms with Gasteiger partial charge in [-0.05, 0) is 19.3 Å². The molecule has 1 radical (unpaired) electrons. The second-order valence-corrected chi connectivity index (χ2v) is 5.63. The van der Waals surface area contributed by atoms with Gasteiger partial charge in [0, 0.05) is 0 Å². The Kier molecular flexibility index (Phi) is 10.6. The molecule has 0 N–H and O–H groups in total. The average molecular weight is 566 g/mol. The molecule has 1 heteroatoms. The molecule has 0 nitrogen and oxygen atoms in total. The van der Waals surface area contributed by atoms with Gasteiger partial charge in [0.25, 0.3) is 0 Å². The van der Waals surface area contributed by atoms with Crippen LogP contribution in [0.25, 0.3) is 0 Å². The molecule has 0 aromatic heterocycles. The van der Waals surface area contributed by atoms with Gasteiger partial charge in [-0.15, -0.1) is 0 Å². The second-order valence-electron chi connectivity index (χ2n) is 5.63. The molecule has 0 amide bonds. The largest absolute Gasteiger partial charge is 3.00 e. The van der Waals surface area contributed by atoms with Crippen molar-refractivity contribution in [1.82, 2.24) is 0 Å². The van der Waals surface area contributed by atoms with Crippen LogP contribution in [-0.4, -0.2) is 0 Å². The third kappa shape index (κ3) is 6.46. The summed E-state index contributed by atoms with van der Waals surface area (Å²) in [5, 5.41) is 0. The molecular formula is C25H27U. The van der Waals surface area contributed by atoms with Gasteiger partial charge in [-0.1, -0.05) is 27.7 Å². The maximum Gasteiger partial charge on any atom is 3.00 e. The summed E-state index contributed by atoms with van der Waals surface area (Å²) in [5.41, 5.74) is 7.40. The van der Waals surface area contributed by atoms with E-state index in [0.29, 0.717) is 0 Å². The molecule has 26 heavy (non-hydrogen) atoms. The summed E-state index contributed by atoms with van der Waals surface area (Å²) in [6.45, 7) is 8.00. The van der Waals surface area contributed by atoms with Crippen molar-refractivity contribution in [3.8, 4) is 0 Å². The van der Waals surface area contributed by atoms with Gasteiger partial charge < -0.3 is 0 Å². The summed E-state index contributed by atoms with van der Waals surface area (Å²) in [6.07, 6.45) is 2.71. The van der Waals surface area contributed by atoms with E-state index < -0.39 is 0 Å². The first-order chi connectivity index (χ1) is 12.3. The smallest absolute Gasteiger partial charge is 0.176 e. The fourth-order valence-corrected chi connectivity index (χ4v) is 2.94. The molecule has 0 atom stereocenters. The van der Waals surface area contributed by atoms with Crippen LogP contribution < -0.4 is 0 Å². The molecule has 0 heterocycles. The SMILES string of the molecule is CC.CC.[U+3].[c-]1c2cccc1Cc1[c-]c(ccc1)Cc1[c-]c(ccc1)C2. The number of fused-ring (bicyclic) bond motifs is 6. The molecule has 3 aromatic rings. The van der Waals surface area contributed by atoms with Crippen molar-refractivity contribution in [2.75, 3.05) is 0 Å². The molecular weight excluding hydrogens is 538 g/mol. The first-order valence-electron chi connectivity index (χ1n) is 9.35. The third-order valence-corrected chi connectivity index (χ3v) is 3.89. The standard InChI is InChI=1S/C21H15.2C2H6.U/c1-4-16-10-17(5-1)14-19-7-3-9-21(12-19)15-20-8-2-6-18(11-20)13-16;2*1-2;/h1-9H,13-15H2;2*1-2H3;/q-3;;;+3. The summed E-state index contributed by atoms with van der Waals surface area (Å²) in [6, 6.07) is 29.9. The number of hydrogen-bond acceptors (Lipinski definition) is 0. The Hall–Kier alpha value is -1.29. The fourth-order valence-electron chi connectivity index (χ4n) is 2.94. The van der Waals surface area contributed by atoms with Crippen LogP contribution in [0.1, 0.15) is 61.1 Å².